The Bertz CT molecular complexity index is 688. The number of aryl methyl sites for hydroxylation is 1. The first kappa shape index (κ1) is 22.1. The van der Waals surface area contributed by atoms with Crippen LogP contribution in [0.25, 0.3) is 0 Å². The number of ether oxygens (including phenoxy) is 2. The van der Waals surface area contributed by atoms with Crippen molar-refractivity contribution in [2.75, 3.05) is 20.2 Å². The minimum Gasteiger partial charge on any atom is -0.496 e. The predicted molar refractivity (Wildman–Crippen MR) is 109 cm³/mol. The van der Waals surface area contributed by atoms with Crippen molar-refractivity contribution in [3.63, 3.8) is 0 Å². The lowest BCUT2D eigenvalue weighted by molar-refractivity contribution is -0.123. The van der Waals surface area contributed by atoms with Gasteiger partial charge in [-0.15, -0.1) is 0 Å². The smallest absolute Gasteiger partial charge is 0.410 e. The molecule has 0 aromatic heterocycles. The van der Waals surface area contributed by atoms with Gasteiger partial charge < -0.3 is 19.7 Å². The first-order chi connectivity index (χ1) is 13.1. The van der Waals surface area contributed by atoms with Gasteiger partial charge in [0.25, 0.3) is 0 Å². The minimum atomic E-state index is -0.485. The van der Waals surface area contributed by atoms with Crippen LogP contribution < -0.4 is 10.1 Å². The van der Waals surface area contributed by atoms with Gasteiger partial charge in [-0.05, 0) is 59.4 Å². The van der Waals surface area contributed by atoms with Crippen LogP contribution in [0.4, 0.5) is 4.79 Å². The normalized spacial score (nSPS) is 16.4. The van der Waals surface area contributed by atoms with Gasteiger partial charge >= 0.3 is 6.09 Å². The second-order valence-electron chi connectivity index (χ2n) is 8.65. The highest BCUT2D eigenvalue weighted by atomic mass is 16.6. The van der Waals surface area contributed by atoms with Crippen LogP contribution in [0.1, 0.15) is 64.1 Å². The van der Waals surface area contributed by atoms with E-state index in [4.69, 9.17) is 9.47 Å². The molecule has 1 aliphatic heterocycles. The van der Waals surface area contributed by atoms with Crippen molar-refractivity contribution in [2.45, 2.75) is 65.5 Å². The molecular weight excluding hydrogens is 356 g/mol. The van der Waals surface area contributed by atoms with Gasteiger partial charge in [-0.25, -0.2) is 4.79 Å². The number of nitrogens with one attached hydrogen (secondary N) is 1. The zero-order valence-corrected chi connectivity index (χ0v) is 18.0. The van der Waals surface area contributed by atoms with E-state index in [9.17, 15) is 9.59 Å². The van der Waals surface area contributed by atoms with Gasteiger partial charge in [-0.2, -0.15) is 0 Å². The number of methoxy groups -OCH3 is 1. The summed E-state index contributed by atoms with van der Waals surface area (Å²) in [5, 5.41) is 3.09. The van der Waals surface area contributed by atoms with Crippen molar-refractivity contribution in [1.82, 2.24) is 10.2 Å². The van der Waals surface area contributed by atoms with Crippen molar-refractivity contribution in [3.8, 4) is 5.75 Å². The van der Waals surface area contributed by atoms with Crippen LogP contribution in [0.3, 0.4) is 0 Å². The molecule has 156 valence electrons. The number of hydrogen-bond donors (Lipinski definition) is 1. The summed E-state index contributed by atoms with van der Waals surface area (Å²) in [5.74, 6) is 1.10. The van der Waals surface area contributed by atoms with Crippen LogP contribution >= 0.6 is 0 Å². The molecule has 1 heterocycles. The van der Waals surface area contributed by atoms with Gasteiger partial charge in [0.1, 0.15) is 11.4 Å². The van der Waals surface area contributed by atoms with Gasteiger partial charge in [-0.3, -0.25) is 4.79 Å². The van der Waals surface area contributed by atoms with E-state index in [0.717, 1.165) is 29.7 Å². The Balaban J connectivity index is 1.83. The van der Waals surface area contributed by atoms with Crippen molar-refractivity contribution in [2.24, 2.45) is 5.92 Å². The Hall–Kier alpha value is -2.24. The Morgan fingerprint density at radius 3 is 2.46 bits per heavy atom. The molecule has 6 nitrogen and oxygen atoms in total. The van der Waals surface area contributed by atoms with Crippen LogP contribution in [-0.2, 0) is 9.53 Å². The summed E-state index contributed by atoms with van der Waals surface area (Å²) >= 11 is 0. The molecule has 1 fully saturated rings. The van der Waals surface area contributed by atoms with Gasteiger partial charge in [0.15, 0.2) is 0 Å². The first-order valence-corrected chi connectivity index (χ1v) is 10.0. The van der Waals surface area contributed by atoms with Crippen LogP contribution in [0.15, 0.2) is 18.2 Å². The van der Waals surface area contributed by atoms with E-state index < -0.39 is 5.60 Å². The monoisotopic (exact) mass is 390 g/mol. The molecule has 2 rings (SSSR count). The molecule has 0 radical (unpaired) electrons. The van der Waals surface area contributed by atoms with Crippen molar-refractivity contribution >= 4 is 12.0 Å². The Morgan fingerprint density at radius 1 is 1.25 bits per heavy atom. The summed E-state index contributed by atoms with van der Waals surface area (Å²) in [5.41, 5.74) is 1.63. The molecule has 2 amide bonds. The third kappa shape index (κ3) is 6.43. The molecule has 28 heavy (non-hydrogen) atoms. The molecule has 1 atom stereocenters. The lowest BCUT2D eigenvalue weighted by atomic mass is 9.93. The summed E-state index contributed by atoms with van der Waals surface area (Å²) in [7, 11) is 1.64. The standard InChI is InChI=1S/C22H34N2O4/c1-15-7-8-19(27-6)18(13-15)16(2)23-20(25)14-17-9-11-24(12-10-17)21(26)28-22(3,4)5/h7-8,13,16-17H,9-12,14H2,1-6H3,(H,23,25). The quantitative estimate of drug-likeness (QED) is 0.817. The topological polar surface area (TPSA) is 67.9 Å². The number of rotatable bonds is 5. The van der Waals surface area contributed by atoms with Crippen molar-refractivity contribution in [3.05, 3.63) is 29.3 Å². The number of carbonyl (C=O) groups is 2. The molecule has 1 saturated heterocycles. The number of amides is 2. The van der Waals surface area contributed by atoms with Crippen LogP contribution in [0.2, 0.25) is 0 Å². The minimum absolute atomic E-state index is 0.0341. The van der Waals surface area contributed by atoms with E-state index in [0.29, 0.717) is 19.5 Å². The van der Waals surface area contributed by atoms with E-state index >= 15 is 0 Å². The van der Waals surface area contributed by atoms with Crippen LogP contribution in [0.5, 0.6) is 5.75 Å². The summed E-state index contributed by atoms with van der Waals surface area (Å²) in [6.45, 7) is 10.9. The van der Waals surface area contributed by atoms with E-state index in [1.807, 2.05) is 52.8 Å². The molecule has 0 aliphatic carbocycles. The van der Waals surface area contributed by atoms with E-state index in [1.54, 1.807) is 12.0 Å². The highest BCUT2D eigenvalue weighted by Gasteiger charge is 2.28. The zero-order chi connectivity index (χ0) is 20.9. The summed E-state index contributed by atoms with van der Waals surface area (Å²) < 4.78 is 10.8. The molecule has 0 bridgehead atoms. The average Bonchev–Trinajstić information content (AvgIpc) is 2.60. The Kier molecular flexibility index (Phi) is 7.33. The second kappa shape index (κ2) is 9.30. The molecule has 6 heteroatoms. The maximum absolute atomic E-state index is 12.5. The summed E-state index contributed by atoms with van der Waals surface area (Å²) in [4.78, 5) is 26.4. The maximum Gasteiger partial charge on any atom is 0.410 e. The Labute approximate surface area is 168 Å². The van der Waals surface area contributed by atoms with Gasteiger partial charge in [0.2, 0.25) is 5.91 Å². The molecule has 1 aromatic carbocycles. The molecule has 1 unspecified atom stereocenters. The third-order valence-electron chi connectivity index (χ3n) is 4.97. The Morgan fingerprint density at radius 2 is 1.89 bits per heavy atom. The van der Waals surface area contributed by atoms with E-state index in [1.165, 1.54) is 0 Å². The predicted octanol–water partition coefficient (Wildman–Crippen LogP) is 4.22. The highest BCUT2D eigenvalue weighted by molar-refractivity contribution is 5.77. The van der Waals surface area contributed by atoms with Crippen molar-refractivity contribution in [1.29, 1.82) is 0 Å². The number of piperidine rings is 1. The number of carbonyl (C=O) groups excluding carboxylic acids is 2. The van der Waals surface area contributed by atoms with Crippen LogP contribution in [0, 0.1) is 12.8 Å². The molecule has 0 saturated carbocycles. The third-order valence-corrected chi connectivity index (χ3v) is 4.97. The number of nitrogens with zero attached hydrogens (tertiary/aromatic N) is 1. The van der Waals surface area contributed by atoms with Gasteiger partial charge in [0, 0.05) is 25.1 Å². The maximum atomic E-state index is 12.5. The van der Waals surface area contributed by atoms with Gasteiger partial charge in [-0.1, -0.05) is 17.7 Å². The van der Waals surface area contributed by atoms with E-state index in [-0.39, 0.29) is 24.0 Å². The summed E-state index contributed by atoms with van der Waals surface area (Å²) in [6, 6.07) is 5.85. The first-order valence-electron chi connectivity index (χ1n) is 10.0. The average molecular weight is 391 g/mol. The zero-order valence-electron chi connectivity index (χ0n) is 18.0. The lowest BCUT2D eigenvalue weighted by Crippen LogP contribution is -2.42. The van der Waals surface area contributed by atoms with Crippen LogP contribution in [-0.4, -0.2) is 42.7 Å². The molecule has 0 spiro atoms. The fraction of sp³-hybridized carbons (Fsp3) is 0.636. The second-order valence-corrected chi connectivity index (χ2v) is 8.65. The van der Waals surface area contributed by atoms with E-state index in [2.05, 4.69) is 5.32 Å². The van der Waals surface area contributed by atoms with Crippen molar-refractivity contribution < 1.29 is 19.1 Å². The molecule has 1 aliphatic rings. The largest absolute Gasteiger partial charge is 0.496 e. The highest BCUT2D eigenvalue weighted by Crippen LogP contribution is 2.27. The lowest BCUT2D eigenvalue weighted by Gasteiger charge is -2.33. The molecule has 1 aromatic rings. The number of benzene rings is 1. The fourth-order valence-corrected chi connectivity index (χ4v) is 3.48. The SMILES string of the molecule is COc1ccc(C)cc1C(C)NC(=O)CC1CCN(C(=O)OC(C)(C)C)CC1. The number of hydrogen-bond acceptors (Lipinski definition) is 4. The fourth-order valence-electron chi connectivity index (χ4n) is 3.48. The summed E-state index contributed by atoms with van der Waals surface area (Å²) in [6.07, 6.45) is 1.83. The van der Waals surface area contributed by atoms with Gasteiger partial charge in [0.05, 0.1) is 13.2 Å². The number of likely N-dealkylation sites (tertiary alicyclic amines) is 1. The molecular formula is C22H34N2O4. The molecule has 1 N–H and O–H groups in total.